The summed E-state index contributed by atoms with van der Waals surface area (Å²) in [6.07, 6.45) is 1.71. The van der Waals surface area contributed by atoms with Crippen molar-refractivity contribution in [3.8, 4) is 11.8 Å². The summed E-state index contributed by atoms with van der Waals surface area (Å²) in [7, 11) is 0. The van der Waals surface area contributed by atoms with Gasteiger partial charge in [0.05, 0.1) is 0 Å². The molecule has 1 aliphatic heterocycles. The van der Waals surface area contributed by atoms with Gasteiger partial charge in [-0.15, -0.1) is 0 Å². The van der Waals surface area contributed by atoms with Crippen LogP contribution in [0.15, 0.2) is 24.3 Å². The molecule has 1 aliphatic rings. The number of amides is 1. The molecule has 20 heavy (non-hydrogen) atoms. The lowest BCUT2D eigenvalue weighted by molar-refractivity contribution is -0.123. The molecule has 4 heteroatoms. The van der Waals surface area contributed by atoms with Crippen molar-refractivity contribution in [2.45, 2.75) is 19.4 Å². The summed E-state index contributed by atoms with van der Waals surface area (Å²) in [6.45, 7) is 2.61. The summed E-state index contributed by atoms with van der Waals surface area (Å²) in [4.78, 5) is 13.5. The highest BCUT2D eigenvalue weighted by Gasteiger charge is 2.22. The summed E-state index contributed by atoms with van der Waals surface area (Å²) >= 11 is 0. The number of piperidine rings is 1. The highest BCUT2D eigenvalue weighted by Crippen LogP contribution is 2.18. The monoisotopic (exact) mass is 272 g/mol. The Balaban J connectivity index is 1.87. The van der Waals surface area contributed by atoms with Crippen molar-refractivity contribution in [1.82, 2.24) is 4.90 Å². The molecule has 1 aromatic rings. The first kappa shape index (κ1) is 14.6. The second-order valence-corrected chi connectivity index (χ2v) is 5.11. The van der Waals surface area contributed by atoms with Gasteiger partial charge in [0.25, 0.3) is 0 Å². The van der Waals surface area contributed by atoms with E-state index >= 15 is 0 Å². The molecule has 0 unspecified atom stereocenters. The van der Waals surface area contributed by atoms with Gasteiger partial charge in [-0.2, -0.15) is 0 Å². The zero-order valence-corrected chi connectivity index (χ0v) is 11.5. The van der Waals surface area contributed by atoms with E-state index in [2.05, 4.69) is 28.9 Å². The van der Waals surface area contributed by atoms with E-state index in [-0.39, 0.29) is 18.4 Å². The van der Waals surface area contributed by atoms with Crippen molar-refractivity contribution in [3.63, 3.8) is 0 Å². The number of benzene rings is 1. The van der Waals surface area contributed by atoms with Crippen molar-refractivity contribution < 1.29 is 9.90 Å². The van der Waals surface area contributed by atoms with Gasteiger partial charge in [0.1, 0.15) is 6.61 Å². The smallest absolute Gasteiger partial charge is 0.220 e. The number of primary amides is 1. The van der Waals surface area contributed by atoms with Crippen molar-refractivity contribution in [2.24, 2.45) is 11.7 Å². The summed E-state index contributed by atoms with van der Waals surface area (Å²) in [5.41, 5.74) is 7.48. The maximum absolute atomic E-state index is 11.1. The van der Waals surface area contributed by atoms with Gasteiger partial charge in [-0.25, -0.2) is 0 Å². The van der Waals surface area contributed by atoms with Crippen LogP contribution in [0.3, 0.4) is 0 Å². The fourth-order valence-electron chi connectivity index (χ4n) is 2.47. The van der Waals surface area contributed by atoms with Gasteiger partial charge in [-0.05, 0) is 43.6 Å². The molecule has 3 N–H and O–H groups in total. The lowest BCUT2D eigenvalue weighted by Crippen LogP contribution is -2.38. The van der Waals surface area contributed by atoms with E-state index in [0.29, 0.717) is 0 Å². The van der Waals surface area contributed by atoms with Crippen LogP contribution in [0.2, 0.25) is 0 Å². The summed E-state index contributed by atoms with van der Waals surface area (Å²) in [6, 6.07) is 8.05. The molecule has 0 aromatic heterocycles. The van der Waals surface area contributed by atoms with Gasteiger partial charge in [-0.3, -0.25) is 9.69 Å². The zero-order chi connectivity index (χ0) is 14.4. The first-order chi connectivity index (χ1) is 9.69. The second-order valence-electron chi connectivity index (χ2n) is 5.11. The molecule has 4 nitrogen and oxygen atoms in total. The molecule has 106 valence electrons. The van der Waals surface area contributed by atoms with Crippen molar-refractivity contribution in [1.29, 1.82) is 0 Å². The van der Waals surface area contributed by atoms with Crippen LogP contribution in [-0.2, 0) is 11.3 Å². The number of hydrogen-bond acceptors (Lipinski definition) is 3. The van der Waals surface area contributed by atoms with E-state index in [9.17, 15) is 4.79 Å². The van der Waals surface area contributed by atoms with Gasteiger partial charge in [0, 0.05) is 18.0 Å². The molecule has 0 aliphatic carbocycles. The van der Waals surface area contributed by atoms with Crippen LogP contribution in [0.25, 0.3) is 0 Å². The summed E-state index contributed by atoms with van der Waals surface area (Å²) in [5.74, 6) is 5.38. The predicted molar refractivity (Wildman–Crippen MR) is 77.6 cm³/mol. The molecule has 0 radical (unpaired) electrons. The Kier molecular flexibility index (Phi) is 5.16. The largest absolute Gasteiger partial charge is 0.384 e. The van der Waals surface area contributed by atoms with E-state index in [1.165, 1.54) is 5.56 Å². The third-order valence-corrected chi connectivity index (χ3v) is 3.66. The van der Waals surface area contributed by atoms with Crippen LogP contribution in [0.1, 0.15) is 24.0 Å². The van der Waals surface area contributed by atoms with Crippen LogP contribution in [-0.4, -0.2) is 35.6 Å². The highest BCUT2D eigenvalue weighted by atomic mass is 16.2. The third kappa shape index (κ3) is 4.09. The molecule has 1 heterocycles. The maximum atomic E-state index is 11.1. The molecule has 0 spiro atoms. The Morgan fingerprint density at radius 3 is 2.50 bits per heavy atom. The fraction of sp³-hybridized carbons (Fsp3) is 0.438. The molecule has 0 bridgehead atoms. The van der Waals surface area contributed by atoms with Gasteiger partial charge < -0.3 is 10.8 Å². The van der Waals surface area contributed by atoms with Crippen LogP contribution >= 0.6 is 0 Å². The first-order valence-electron chi connectivity index (χ1n) is 6.89. The molecular formula is C16H20N2O2. The van der Waals surface area contributed by atoms with Crippen molar-refractivity contribution in [2.75, 3.05) is 19.7 Å². The van der Waals surface area contributed by atoms with E-state index < -0.39 is 0 Å². The molecule has 1 aromatic carbocycles. The summed E-state index contributed by atoms with van der Waals surface area (Å²) < 4.78 is 0. The topological polar surface area (TPSA) is 66.6 Å². The maximum Gasteiger partial charge on any atom is 0.220 e. The molecular weight excluding hydrogens is 252 g/mol. The number of nitrogens with two attached hydrogens (primary N) is 1. The Bertz CT molecular complexity index is 506. The van der Waals surface area contributed by atoms with Crippen molar-refractivity contribution >= 4 is 5.91 Å². The minimum atomic E-state index is -0.170. The predicted octanol–water partition coefficient (Wildman–Crippen LogP) is 0.728. The fourth-order valence-corrected chi connectivity index (χ4v) is 2.47. The van der Waals surface area contributed by atoms with E-state index in [4.69, 9.17) is 10.8 Å². The minimum Gasteiger partial charge on any atom is -0.384 e. The standard InChI is InChI=1S/C16H20N2O2/c17-16(20)15-7-9-18(10-8-15)12-14-5-3-13(4-6-14)2-1-11-19/h3-6,15,19H,7-12H2,(H2,17,20). The third-order valence-electron chi connectivity index (χ3n) is 3.66. The molecule has 0 saturated carbocycles. The number of likely N-dealkylation sites (tertiary alicyclic amines) is 1. The van der Waals surface area contributed by atoms with Crippen LogP contribution < -0.4 is 5.73 Å². The average Bonchev–Trinajstić information content (AvgIpc) is 2.47. The van der Waals surface area contributed by atoms with E-state index in [1.807, 2.05) is 12.1 Å². The minimum absolute atomic E-state index is 0.0439. The first-order valence-corrected chi connectivity index (χ1v) is 6.89. The van der Waals surface area contributed by atoms with Crippen LogP contribution in [0.4, 0.5) is 0 Å². The number of carbonyl (C=O) groups excluding carboxylic acids is 1. The molecule has 2 rings (SSSR count). The second kappa shape index (κ2) is 7.09. The van der Waals surface area contributed by atoms with Gasteiger partial charge in [0.15, 0.2) is 0 Å². The van der Waals surface area contributed by atoms with E-state index in [1.54, 1.807) is 0 Å². The molecule has 1 fully saturated rings. The number of rotatable bonds is 3. The Morgan fingerprint density at radius 1 is 1.30 bits per heavy atom. The molecule has 1 amide bonds. The number of aliphatic hydroxyl groups excluding tert-OH is 1. The number of aliphatic hydroxyl groups is 1. The average molecular weight is 272 g/mol. The Labute approximate surface area is 119 Å². The van der Waals surface area contributed by atoms with Crippen molar-refractivity contribution in [3.05, 3.63) is 35.4 Å². The number of carbonyl (C=O) groups is 1. The van der Waals surface area contributed by atoms with Crippen LogP contribution in [0.5, 0.6) is 0 Å². The highest BCUT2D eigenvalue weighted by molar-refractivity contribution is 5.76. The molecule has 0 atom stereocenters. The van der Waals surface area contributed by atoms with Crippen LogP contribution in [0, 0.1) is 17.8 Å². The Hall–Kier alpha value is -1.83. The van der Waals surface area contributed by atoms with Gasteiger partial charge >= 0.3 is 0 Å². The lowest BCUT2D eigenvalue weighted by Gasteiger charge is -2.30. The normalized spacial score (nSPS) is 16.4. The Morgan fingerprint density at radius 2 is 1.95 bits per heavy atom. The number of nitrogens with zero attached hydrogens (tertiary/aromatic N) is 1. The molecule has 1 saturated heterocycles. The zero-order valence-electron chi connectivity index (χ0n) is 11.5. The quantitative estimate of drug-likeness (QED) is 0.797. The van der Waals surface area contributed by atoms with Gasteiger partial charge in [0.2, 0.25) is 5.91 Å². The van der Waals surface area contributed by atoms with E-state index in [0.717, 1.165) is 38.0 Å². The van der Waals surface area contributed by atoms with Gasteiger partial charge in [-0.1, -0.05) is 24.0 Å². The number of hydrogen-bond donors (Lipinski definition) is 2. The lowest BCUT2D eigenvalue weighted by atomic mass is 9.96. The SMILES string of the molecule is NC(=O)C1CCN(Cc2ccc(C#CCO)cc2)CC1. The summed E-state index contributed by atoms with van der Waals surface area (Å²) in [5, 5.41) is 8.65.